The van der Waals surface area contributed by atoms with Crippen molar-refractivity contribution in [2.75, 3.05) is 5.32 Å². The highest BCUT2D eigenvalue weighted by molar-refractivity contribution is 6.35. The van der Waals surface area contributed by atoms with Gasteiger partial charge < -0.3 is 19.3 Å². The third-order valence-corrected chi connectivity index (χ3v) is 4.85. The van der Waals surface area contributed by atoms with Gasteiger partial charge in [-0.2, -0.15) is 0 Å². The number of hydrogen-bond donors (Lipinski definition) is 1. The van der Waals surface area contributed by atoms with Gasteiger partial charge in [0.1, 0.15) is 18.1 Å². The topological polar surface area (TPSA) is 90.7 Å². The van der Waals surface area contributed by atoms with Gasteiger partial charge in [-0.3, -0.25) is 4.79 Å². The number of amides is 1. The number of carbonyl (C=O) groups is 2. The van der Waals surface area contributed by atoms with E-state index in [4.69, 9.17) is 37.2 Å². The average molecular weight is 463 g/mol. The summed E-state index contributed by atoms with van der Waals surface area (Å²) in [5.41, 5.74) is 2.25. The molecule has 7 nitrogen and oxygen atoms in total. The first kappa shape index (κ1) is 22.7. The molecule has 0 saturated heterocycles. The number of aromatic nitrogens is 1. The lowest BCUT2D eigenvalue weighted by Gasteiger charge is -2.14. The molecule has 0 aliphatic heterocycles. The van der Waals surface area contributed by atoms with E-state index in [9.17, 15) is 9.59 Å². The first-order valence-electron chi connectivity index (χ1n) is 9.35. The Morgan fingerprint density at radius 3 is 2.48 bits per heavy atom. The zero-order valence-corrected chi connectivity index (χ0v) is 18.6. The molecule has 0 bridgehead atoms. The number of halogens is 2. The Kier molecular flexibility index (Phi) is 7.20. The molecule has 31 heavy (non-hydrogen) atoms. The van der Waals surface area contributed by atoms with E-state index in [2.05, 4.69) is 10.5 Å². The smallest absolute Gasteiger partial charge is 0.339 e. The quantitative estimate of drug-likeness (QED) is 0.475. The second-order valence-electron chi connectivity index (χ2n) is 6.81. The van der Waals surface area contributed by atoms with Crippen LogP contribution in [0, 0.1) is 13.8 Å². The summed E-state index contributed by atoms with van der Waals surface area (Å²) in [5, 5.41) is 7.25. The highest BCUT2D eigenvalue weighted by atomic mass is 35.5. The summed E-state index contributed by atoms with van der Waals surface area (Å²) in [7, 11) is 0. The average Bonchev–Trinajstić information content (AvgIpc) is 3.03. The van der Waals surface area contributed by atoms with Gasteiger partial charge in [0.15, 0.2) is 6.10 Å². The summed E-state index contributed by atoms with van der Waals surface area (Å²) < 4.78 is 16.1. The minimum Gasteiger partial charge on any atom is -0.489 e. The number of benzene rings is 2. The fourth-order valence-corrected chi connectivity index (χ4v) is 3.25. The first-order valence-corrected chi connectivity index (χ1v) is 10.1. The molecular weight excluding hydrogens is 443 g/mol. The molecule has 1 aromatic heterocycles. The van der Waals surface area contributed by atoms with E-state index < -0.39 is 18.0 Å². The van der Waals surface area contributed by atoms with Crippen LogP contribution in [0.1, 0.15) is 34.3 Å². The summed E-state index contributed by atoms with van der Waals surface area (Å²) in [4.78, 5) is 24.8. The molecule has 162 valence electrons. The SMILES string of the molecule is Cc1noc(C)c1COc1cccc(C(=O)OC(C)C(=O)Nc2cc(Cl)cc(Cl)c2)c1. The lowest BCUT2D eigenvalue weighted by atomic mass is 10.2. The van der Waals surface area contributed by atoms with E-state index in [1.807, 2.05) is 6.92 Å². The molecule has 2 aromatic carbocycles. The van der Waals surface area contributed by atoms with Crippen LogP contribution in [0.25, 0.3) is 0 Å². The maximum absolute atomic E-state index is 12.5. The Morgan fingerprint density at radius 1 is 1.13 bits per heavy atom. The molecule has 1 atom stereocenters. The van der Waals surface area contributed by atoms with E-state index in [1.165, 1.54) is 6.92 Å². The molecule has 0 aliphatic rings. The zero-order valence-electron chi connectivity index (χ0n) is 17.1. The maximum Gasteiger partial charge on any atom is 0.339 e. The van der Waals surface area contributed by atoms with Crippen LogP contribution >= 0.6 is 23.2 Å². The summed E-state index contributed by atoms with van der Waals surface area (Å²) in [6.45, 7) is 5.35. The van der Waals surface area contributed by atoms with E-state index in [0.717, 1.165) is 11.3 Å². The van der Waals surface area contributed by atoms with Crippen molar-refractivity contribution in [1.29, 1.82) is 0 Å². The van der Waals surface area contributed by atoms with Gasteiger partial charge in [-0.1, -0.05) is 34.4 Å². The summed E-state index contributed by atoms with van der Waals surface area (Å²) in [6, 6.07) is 11.1. The van der Waals surface area contributed by atoms with Gasteiger partial charge >= 0.3 is 5.97 Å². The van der Waals surface area contributed by atoms with Crippen molar-refractivity contribution in [1.82, 2.24) is 5.16 Å². The fourth-order valence-electron chi connectivity index (χ4n) is 2.73. The number of esters is 1. The summed E-state index contributed by atoms with van der Waals surface area (Å²) >= 11 is 11.9. The van der Waals surface area contributed by atoms with Gasteiger partial charge in [-0.25, -0.2) is 4.79 Å². The van der Waals surface area contributed by atoms with Crippen LogP contribution in [0.2, 0.25) is 10.0 Å². The van der Waals surface area contributed by atoms with E-state index in [-0.39, 0.29) is 12.2 Å². The van der Waals surface area contributed by atoms with Crippen LogP contribution in [-0.4, -0.2) is 23.1 Å². The standard InChI is InChI=1S/C22H20Cl2N2O5/c1-12-20(13(2)31-26-12)11-29-19-6-4-5-15(7-19)22(28)30-14(3)21(27)25-18-9-16(23)8-17(24)10-18/h4-10,14H,11H2,1-3H3,(H,25,27). The predicted octanol–water partition coefficient (Wildman–Crippen LogP) is 5.36. The normalized spacial score (nSPS) is 11.6. The highest BCUT2D eigenvalue weighted by Crippen LogP contribution is 2.23. The molecule has 1 N–H and O–H groups in total. The molecule has 1 amide bonds. The Bertz CT molecular complexity index is 1070. The minimum atomic E-state index is -1.04. The van der Waals surface area contributed by atoms with Crippen LogP contribution in [0.5, 0.6) is 5.75 Å². The van der Waals surface area contributed by atoms with Crippen LogP contribution in [0.3, 0.4) is 0 Å². The largest absolute Gasteiger partial charge is 0.489 e. The second kappa shape index (κ2) is 9.85. The Labute approximate surface area is 189 Å². The van der Waals surface area contributed by atoms with Crippen molar-refractivity contribution >= 4 is 40.8 Å². The van der Waals surface area contributed by atoms with Crippen molar-refractivity contribution in [2.24, 2.45) is 0 Å². The van der Waals surface area contributed by atoms with Crippen molar-refractivity contribution in [2.45, 2.75) is 33.5 Å². The highest BCUT2D eigenvalue weighted by Gasteiger charge is 2.20. The van der Waals surface area contributed by atoms with E-state index >= 15 is 0 Å². The summed E-state index contributed by atoms with van der Waals surface area (Å²) in [6.07, 6.45) is -1.04. The first-order chi connectivity index (χ1) is 14.7. The molecular formula is C22H20Cl2N2O5. The molecule has 3 rings (SSSR count). The Hall–Kier alpha value is -3.03. The summed E-state index contributed by atoms with van der Waals surface area (Å²) in [5.74, 6) is -0.0268. The molecule has 0 spiro atoms. The van der Waals surface area contributed by atoms with Gasteiger partial charge in [0.2, 0.25) is 0 Å². The van der Waals surface area contributed by atoms with E-state index in [0.29, 0.717) is 27.2 Å². The zero-order chi connectivity index (χ0) is 22.5. The van der Waals surface area contributed by atoms with Crippen LogP contribution < -0.4 is 10.1 Å². The van der Waals surface area contributed by atoms with Gasteiger partial charge in [0, 0.05) is 15.7 Å². The van der Waals surface area contributed by atoms with Gasteiger partial charge in [-0.05, 0) is 57.2 Å². The van der Waals surface area contributed by atoms with Gasteiger partial charge in [0.25, 0.3) is 5.91 Å². The Morgan fingerprint density at radius 2 is 1.84 bits per heavy atom. The number of nitrogens with zero attached hydrogens (tertiary/aromatic N) is 1. The number of aryl methyl sites for hydroxylation is 2. The van der Waals surface area contributed by atoms with E-state index in [1.54, 1.807) is 49.4 Å². The number of rotatable bonds is 7. The molecule has 0 fully saturated rings. The molecule has 1 heterocycles. The number of ether oxygens (including phenoxy) is 2. The third-order valence-electron chi connectivity index (χ3n) is 4.42. The molecule has 0 aliphatic carbocycles. The van der Waals surface area contributed by atoms with Crippen molar-refractivity contribution in [3.05, 3.63) is 75.1 Å². The molecule has 1 unspecified atom stereocenters. The van der Waals surface area contributed by atoms with Crippen molar-refractivity contribution in [3.8, 4) is 5.75 Å². The van der Waals surface area contributed by atoms with Crippen molar-refractivity contribution < 1.29 is 23.6 Å². The predicted molar refractivity (Wildman–Crippen MR) is 117 cm³/mol. The molecule has 0 radical (unpaired) electrons. The lowest BCUT2D eigenvalue weighted by Crippen LogP contribution is -2.30. The molecule has 3 aromatic rings. The minimum absolute atomic E-state index is 0.251. The third kappa shape index (κ3) is 5.99. The number of hydrogen-bond acceptors (Lipinski definition) is 6. The second-order valence-corrected chi connectivity index (χ2v) is 7.69. The van der Waals surface area contributed by atoms with Gasteiger partial charge in [-0.15, -0.1) is 0 Å². The Balaban J connectivity index is 1.60. The lowest BCUT2D eigenvalue weighted by molar-refractivity contribution is -0.123. The van der Waals surface area contributed by atoms with Gasteiger partial charge in [0.05, 0.1) is 16.8 Å². The van der Waals surface area contributed by atoms with Crippen LogP contribution in [0.4, 0.5) is 5.69 Å². The number of anilines is 1. The molecule has 9 heteroatoms. The molecule has 0 saturated carbocycles. The monoisotopic (exact) mass is 462 g/mol. The fraction of sp³-hybridized carbons (Fsp3) is 0.227. The van der Waals surface area contributed by atoms with Crippen LogP contribution in [0.15, 0.2) is 47.0 Å². The number of nitrogens with one attached hydrogen (secondary N) is 1. The van der Waals surface area contributed by atoms with Crippen molar-refractivity contribution in [3.63, 3.8) is 0 Å². The van der Waals surface area contributed by atoms with Crippen LogP contribution in [-0.2, 0) is 16.1 Å². The maximum atomic E-state index is 12.5. The number of carbonyl (C=O) groups excluding carboxylic acids is 2.